The first kappa shape index (κ1) is 29.9. The first-order valence-electron chi connectivity index (χ1n) is 13.8. The van der Waals surface area contributed by atoms with Crippen molar-refractivity contribution in [2.24, 2.45) is 0 Å². The average Bonchev–Trinajstić information content (AvgIpc) is 3.24. The lowest BCUT2D eigenvalue weighted by Gasteiger charge is -2.34. The van der Waals surface area contributed by atoms with Gasteiger partial charge < -0.3 is 30.1 Å². The fourth-order valence-corrected chi connectivity index (χ4v) is 5.14. The van der Waals surface area contributed by atoms with Gasteiger partial charge in [0, 0.05) is 38.6 Å². The van der Waals surface area contributed by atoms with Crippen LogP contribution in [-0.2, 0) is 19.1 Å². The van der Waals surface area contributed by atoms with Gasteiger partial charge in [0.2, 0.25) is 0 Å². The van der Waals surface area contributed by atoms with Crippen molar-refractivity contribution in [1.29, 1.82) is 0 Å². The van der Waals surface area contributed by atoms with Crippen molar-refractivity contribution in [3.8, 4) is 11.1 Å². The number of rotatable bonds is 9. The lowest BCUT2D eigenvalue weighted by molar-refractivity contribution is -0.156. The number of alkyl carbamates (subject to hydrolysis) is 1. The molecule has 3 amide bonds. The Morgan fingerprint density at radius 1 is 0.951 bits per heavy atom. The van der Waals surface area contributed by atoms with E-state index in [1.165, 1.54) is 0 Å². The third kappa shape index (κ3) is 7.97. The van der Waals surface area contributed by atoms with E-state index < -0.39 is 23.7 Å². The number of fused-ring (bicyclic) bond motifs is 3. The second-order valence-electron chi connectivity index (χ2n) is 11.2. The topological polar surface area (TPSA) is 138 Å². The van der Waals surface area contributed by atoms with Gasteiger partial charge in [-0.2, -0.15) is 0 Å². The van der Waals surface area contributed by atoms with Crippen LogP contribution in [0.4, 0.5) is 9.59 Å². The molecule has 1 atom stereocenters. The number of ether oxygens (including phenoxy) is 2. The van der Waals surface area contributed by atoms with Crippen LogP contribution in [0.15, 0.2) is 48.5 Å². The van der Waals surface area contributed by atoms with Gasteiger partial charge in [-0.1, -0.05) is 48.5 Å². The summed E-state index contributed by atoms with van der Waals surface area (Å²) in [5.74, 6) is -1.66. The maximum Gasteiger partial charge on any atom is 0.407 e. The highest BCUT2D eigenvalue weighted by molar-refractivity contribution is 5.81. The van der Waals surface area contributed by atoms with Gasteiger partial charge in [0.15, 0.2) is 0 Å². The van der Waals surface area contributed by atoms with Crippen LogP contribution in [0.1, 0.15) is 44.2 Å². The van der Waals surface area contributed by atoms with Gasteiger partial charge >= 0.3 is 24.1 Å². The zero-order valence-corrected chi connectivity index (χ0v) is 23.7. The smallest absolute Gasteiger partial charge is 0.407 e. The molecule has 1 aliphatic carbocycles. The van der Waals surface area contributed by atoms with Crippen molar-refractivity contribution in [2.75, 3.05) is 45.9 Å². The number of nitrogens with one attached hydrogen (secondary N) is 2. The number of hydrogen-bond acceptors (Lipinski definition) is 7. The van der Waals surface area contributed by atoms with E-state index in [9.17, 15) is 24.3 Å². The van der Waals surface area contributed by atoms with E-state index >= 15 is 0 Å². The highest BCUT2D eigenvalue weighted by Gasteiger charge is 2.30. The number of nitrogens with zero attached hydrogens (tertiary/aromatic N) is 2. The number of carbonyl (C=O) groups excluding carboxylic acids is 3. The van der Waals surface area contributed by atoms with Crippen LogP contribution in [0.5, 0.6) is 0 Å². The Balaban J connectivity index is 1.19. The molecule has 1 saturated heterocycles. The van der Waals surface area contributed by atoms with E-state index in [4.69, 9.17) is 9.47 Å². The predicted octanol–water partition coefficient (Wildman–Crippen LogP) is 3.04. The quantitative estimate of drug-likeness (QED) is 0.394. The van der Waals surface area contributed by atoms with Crippen molar-refractivity contribution in [2.45, 2.75) is 44.8 Å². The van der Waals surface area contributed by atoms with Crippen LogP contribution in [0.2, 0.25) is 0 Å². The SMILES string of the molecule is CC(C)(C)OC(=O)CN1CCN(C(=O)NCC[C@H](NC(=O)OCC2c3ccccc3-c3ccccc32)C(=O)O)CC1. The number of piperazine rings is 1. The molecule has 2 aromatic rings. The Hall–Kier alpha value is -4.12. The number of aliphatic carboxylic acids is 1. The van der Waals surface area contributed by atoms with Crippen molar-refractivity contribution < 1.29 is 33.8 Å². The minimum absolute atomic E-state index is 0.0100. The van der Waals surface area contributed by atoms with Crippen LogP contribution in [0, 0.1) is 0 Å². The minimum Gasteiger partial charge on any atom is -0.480 e. The van der Waals surface area contributed by atoms with Crippen molar-refractivity contribution in [1.82, 2.24) is 20.4 Å². The number of urea groups is 1. The zero-order valence-electron chi connectivity index (χ0n) is 23.7. The van der Waals surface area contributed by atoms with E-state index in [2.05, 4.69) is 10.6 Å². The summed E-state index contributed by atoms with van der Waals surface area (Å²) in [7, 11) is 0. The standard InChI is InChI=1S/C30H38N4O7/c1-30(2,3)41-26(35)18-33-14-16-34(17-15-33)28(38)31-13-12-25(27(36)37)32-29(39)40-19-24-22-10-6-4-8-20(22)21-9-5-7-11-23(21)24/h4-11,24-25H,12-19H2,1-3H3,(H,31,38)(H,32,39)(H,36,37)/t25-/m0/s1. The summed E-state index contributed by atoms with van der Waals surface area (Å²) in [6.07, 6.45) is -0.837. The number of carboxylic acid groups (broad SMARTS) is 1. The van der Waals surface area contributed by atoms with E-state index in [1.54, 1.807) is 4.90 Å². The van der Waals surface area contributed by atoms with E-state index in [0.29, 0.717) is 26.2 Å². The zero-order chi connectivity index (χ0) is 29.6. The van der Waals surface area contributed by atoms with Crippen molar-refractivity contribution in [3.05, 3.63) is 59.7 Å². The molecule has 0 spiro atoms. The van der Waals surface area contributed by atoms with Gasteiger partial charge in [-0.25, -0.2) is 14.4 Å². The van der Waals surface area contributed by atoms with E-state index in [0.717, 1.165) is 22.3 Å². The molecule has 2 aromatic carbocycles. The molecule has 11 heteroatoms. The fraction of sp³-hybridized carbons (Fsp3) is 0.467. The molecule has 11 nitrogen and oxygen atoms in total. The highest BCUT2D eigenvalue weighted by atomic mass is 16.6. The average molecular weight is 567 g/mol. The molecule has 0 aromatic heterocycles. The van der Waals surface area contributed by atoms with Gasteiger partial charge in [0.05, 0.1) is 6.54 Å². The fourth-order valence-electron chi connectivity index (χ4n) is 5.14. The number of benzene rings is 2. The molecular formula is C30H38N4O7. The van der Waals surface area contributed by atoms with Crippen molar-refractivity contribution in [3.63, 3.8) is 0 Å². The van der Waals surface area contributed by atoms with Crippen LogP contribution < -0.4 is 10.6 Å². The molecule has 4 rings (SSSR count). The minimum atomic E-state index is -1.23. The Bertz CT molecular complexity index is 1220. The van der Waals surface area contributed by atoms with Gasteiger partial charge in [0.1, 0.15) is 18.2 Å². The van der Waals surface area contributed by atoms with Gasteiger partial charge in [0.25, 0.3) is 0 Å². The number of amides is 3. The maximum atomic E-state index is 12.6. The molecule has 0 saturated carbocycles. The summed E-state index contributed by atoms with van der Waals surface area (Å²) in [6, 6.07) is 14.3. The molecule has 2 aliphatic rings. The molecule has 1 aliphatic heterocycles. The molecule has 0 bridgehead atoms. The summed E-state index contributed by atoms with van der Waals surface area (Å²) in [4.78, 5) is 52.5. The molecule has 41 heavy (non-hydrogen) atoms. The number of carboxylic acids is 1. The maximum absolute atomic E-state index is 12.6. The highest BCUT2D eigenvalue weighted by Crippen LogP contribution is 2.44. The largest absolute Gasteiger partial charge is 0.480 e. The monoisotopic (exact) mass is 566 g/mol. The predicted molar refractivity (Wildman–Crippen MR) is 152 cm³/mol. The molecule has 220 valence electrons. The Morgan fingerprint density at radius 2 is 1.54 bits per heavy atom. The molecule has 1 heterocycles. The second kappa shape index (κ2) is 13.0. The summed E-state index contributed by atoms with van der Waals surface area (Å²) >= 11 is 0. The molecular weight excluding hydrogens is 528 g/mol. The van der Waals surface area contributed by atoms with Gasteiger partial charge in [-0.15, -0.1) is 0 Å². The third-order valence-corrected chi connectivity index (χ3v) is 7.08. The number of esters is 1. The van der Waals surface area contributed by atoms with Crippen LogP contribution in [0.3, 0.4) is 0 Å². The molecule has 3 N–H and O–H groups in total. The van der Waals surface area contributed by atoms with Crippen molar-refractivity contribution >= 4 is 24.1 Å². The summed E-state index contributed by atoms with van der Waals surface area (Å²) < 4.78 is 10.8. The van der Waals surface area contributed by atoms with E-state index in [-0.39, 0.29) is 44.0 Å². The molecule has 1 fully saturated rings. The Morgan fingerprint density at radius 3 is 2.10 bits per heavy atom. The van der Waals surface area contributed by atoms with Crippen LogP contribution in [-0.4, -0.2) is 96.5 Å². The second-order valence-corrected chi connectivity index (χ2v) is 11.2. The van der Waals surface area contributed by atoms with Crippen LogP contribution in [0.25, 0.3) is 11.1 Å². The van der Waals surface area contributed by atoms with Crippen LogP contribution >= 0.6 is 0 Å². The summed E-state index contributed by atoms with van der Waals surface area (Å²) in [6.45, 7) is 7.63. The lowest BCUT2D eigenvalue weighted by Crippen LogP contribution is -2.53. The normalized spacial score (nSPS) is 15.8. The lowest BCUT2D eigenvalue weighted by atomic mass is 9.98. The number of hydrogen-bond donors (Lipinski definition) is 3. The first-order valence-corrected chi connectivity index (χ1v) is 13.8. The Labute approximate surface area is 239 Å². The van der Waals surface area contributed by atoms with Gasteiger partial charge in [-0.3, -0.25) is 9.69 Å². The molecule has 0 radical (unpaired) electrons. The Kier molecular flexibility index (Phi) is 9.49. The summed E-state index contributed by atoms with van der Waals surface area (Å²) in [5.41, 5.74) is 3.77. The third-order valence-electron chi connectivity index (χ3n) is 7.08. The van der Waals surface area contributed by atoms with Gasteiger partial charge in [-0.05, 0) is 49.4 Å². The summed E-state index contributed by atoms with van der Waals surface area (Å²) in [5, 5.41) is 14.7. The number of carbonyl (C=O) groups is 4. The first-order chi connectivity index (χ1) is 19.5. The van der Waals surface area contributed by atoms with E-state index in [1.807, 2.05) is 74.2 Å². The molecule has 0 unspecified atom stereocenters.